The van der Waals surface area contributed by atoms with Gasteiger partial charge in [0.2, 0.25) is 0 Å². The fourth-order valence-corrected chi connectivity index (χ4v) is 4.02. The van der Waals surface area contributed by atoms with Crippen LogP contribution in [-0.4, -0.2) is 39.1 Å². The van der Waals surface area contributed by atoms with Gasteiger partial charge in [-0.3, -0.25) is 15.0 Å². The topological polar surface area (TPSA) is 79.5 Å². The van der Waals surface area contributed by atoms with Gasteiger partial charge in [-0.1, -0.05) is 18.6 Å². The maximum absolute atomic E-state index is 10.9. The van der Waals surface area contributed by atoms with E-state index < -0.39 is 0 Å². The summed E-state index contributed by atoms with van der Waals surface area (Å²) in [5.41, 5.74) is 1.86. The molecule has 1 saturated heterocycles. The molecule has 0 amide bonds. The molecule has 1 atom stereocenters. The van der Waals surface area contributed by atoms with Crippen LogP contribution in [0.25, 0.3) is 10.6 Å². The summed E-state index contributed by atoms with van der Waals surface area (Å²) in [6.45, 7) is 2.03. The molecule has 2 aromatic rings. The Balaban J connectivity index is 1.73. The fraction of sp³-hybridized carbons (Fsp3) is 0.471. The Hall–Kier alpha value is -1.83. The van der Waals surface area contributed by atoms with Gasteiger partial charge < -0.3 is 5.11 Å². The zero-order valence-corrected chi connectivity index (χ0v) is 14.2. The molecule has 0 bridgehead atoms. The first kappa shape index (κ1) is 17.0. The number of benzene rings is 1. The summed E-state index contributed by atoms with van der Waals surface area (Å²) in [6, 6.07) is 7.02. The predicted molar refractivity (Wildman–Crippen MR) is 94.0 cm³/mol. The van der Waals surface area contributed by atoms with Gasteiger partial charge in [-0.15, -0.1) is 11.3 Å². The monoisotopic (exact) mass is 347 g/mol. The minimum absolute atomic E-state index is 0.0864. The number of rotatable bonds is 6. The SMILES string of the molecule is O=[N+]([O-])c1cccc(-c2nc(CN3CCCCC3CCO)cs2)c1. The maximum atomic E-state index is 10.9. The molecule has 0 saturated carbocycles. The van der Waals surface area contributed by atoms with Crippen LogP contribution in [0.2, 0.25) is 0 Å². The quantitative estimate of drug-likeness (QED) is 0.639. The number of thiazole rings is 1. The van der Waals surface area contributed by atoms with E-state index in [0.29, 0.717) is 6.04 Å². The largest absolute Gasteiger partial charge is 0.396 e. The number of likely N-dealkylation sites (tertiary alicyclic amines) is 1. The van der Waals surface area contributed by atoms with E-state index in [1.54, 1.807) is 12.1 Å². The van der Waals surface area contributed by atoms with Crippen molar-refractivity contribution in [3.8, 4) is 10.6 Å². The second kappa shape index (κ2) is 7.83. The lowest BCUT2D eigenvalue weighted by Crippen LogP contribution is -2.39. The molecule has 0 aliphatic carbocycles. The first-order chi connectivity index (χ1) is 11.7. The number of nitrogens with zero attached hydrogens (tertiary/aromatic N) is 3. The van der Waals surface area contributed by atoms with Crippen LogP contribution < -0.4 is 0 Å². The Morgan fingerprint density at radius 1 is 1.42 bits per heavy atom. The Morgan fingerprint density at radius 3 is 3.08 bits per heavy atom. The van der Waals surface area contributed by atoms with Crippen molar-refractivity contribution in [2.24, 2.45) is 0 Å². The van der Waals surface area contributed by atoms with Gasteiger partial charge in [-0.2, -0.15) is 0 Å². The van der Waals surface area contributed by atoms with Crippen LogP contribution in [0.1, 0.15) is 31.4 Å². The van der Waals surface area contributed by atoms with Crippen molar-refractivity contribution in [1.82, 2.24) is 9.88 Å². The van der Waals surface area contributed by atoms with E-state index in [0.717, 1.165) is 42.2 Å². The molecule has 0 radical (unpaired) electrons. The number of hydrogen-bond acceptors (Lipinski definition) is 6. The van der Waals surface area contributed by atoms with Crippen LogP contribution in [0.3, 0.4) is 0 Å². The Labute approximate surface area is 144 Å². The van der Waals surface area contributed by atoms with Gasteiger partial charge >= 0.3 is 0 Å². The molecule has 1 N–H and O–H groups in total. The highest BCUT2D eigenvalue weighted by molar-refractivity contribution is 7.13. The molecule has 1 unspecified atom stereocenters. The van der Waals surface area contributed by atoms with Crippen LogP contribution >= 0.6 is 11.3 Å². The molecule has 6 nitrogen and oxygen atoms in total. The van der Waals surface area contributed by atoms with Crippen LogP contribution in [0.4, 0.5) is 5.69 Å². The molecular weight excluding hydrogens is 326 g/mol. The summed E-state index contributed by atoms with van der Waals surface area (Å²) in [4.78, 5) is 17.6. The lowest BCUT2D eigenvalue weighted by molar-refractivity contribution is -0.384. The van der Waals surface area contributed by atoms with Crippen LogP contribution in [-0.2, 0) is 6.54 Å². The Bertz CT molecular complexity index is 702. The molecule has 1 aliphatic heterocycles. The van der Waals surface area contributed by atoms with Gasteiger partial charge in [0.25, 0.3) is 5.69 Å². The van der Waals surface area contributed by atoms with E-state index in [2.05, 4.69) is 9.88 Å². The standard InChI is InChI=1S/C17H21N3O3S/c21-9-7-15-5-1-2-8-19(15)11-14-12-24-17(18-14)13-4-3-6-16(10-13)20(22)23/h3-4,6,10,12,15,21H,1-2,5,7-9,11H2. The van der Waals surface area contributed by atoms with Crippen molar-refractivity contribution in [3.63, 3.8) is 0 Å². The van der Waals surface area contributed by atoms with Crippen molar-refractivity contribution in [2.75, 3.05) is 13.2 Å². The number of aromatic nitrogens is 1. The molecule has 3 rings (SSSR count). The van der Waals surface area contributed by atoms with Crippen molar-refractivity contribution in [3.05, 3.63) is 45.5 Å². The van der Waals surface area contributed by atoms with Crippen molar-refractivity contribution >= 4 is 17.0 Å². The normalized spacial score (nSPS) is 18.6. The molecule has 1 aromatic heterocycles. The number of nitro benzene ring substituents is 1. The number of aliphatic hydroxyl groups is 1. The maximum Gasteiger partial charge on any atom is 0.270 e. The van der Waals surface area contributed by atoms with Crippen molar-refractivity contribution < 1.29 is 10.0 Å². The number of aliphatic hydroxyl groups excluding tert-OH is 1. The second-order valence-corrected chi connectivity index (χ2v) is 6.94. The summed E-state index contributed by atoms with van der Waals surface area (Å²) in [5.74, 6) is 0. The second-order valence-electron chi connectivity index (χ2n) is 6.08. The third-order valence-electron chi connectivity index (χ3n) is 4.43. The minimum Gasteiger partial charge on any atom is -0.396 e. The number of piperidine rings is 1. The lowest BCUT2D eigenvalue weighted by Gasteiger charge is -2.35. The van der Waals surface area contributed by atoms with Crippen LogP contribution in [0, 0.1) is 10.1 Å². The molecule has 1 aromatic carbocycles. The first-order valence-corrected chi connectivity index (χ1v) is 9.09. The summed E-state index contributed by atoms with van der Waals surface area (Å²) in [7, 11) is 0. The average Bonchev–Trinajstić information content (AvgIpc) is 3.05. The molecule has 2 heterocycles. The van der Waals surface area contributed by atoms with E-state index in [4.69, 9.17) is 0 Å². The highest BCUT2D eigenvalue weighted by atomic mass is 32.1. The number of non-ortho nitro benzene ring substituents is 1. The van der Waals surface area contributed by atoms with Crippen molar-refractivity contribution in [1.29, 1.82) is 0 Å². The molecular formula is C17H21N3O3S. The van der Waals surface area contributed by atoms with Gasteiger partial charge in [0.1, 0.15) is 5.01 Å². The molecule has 128 valence electrons. The van der Waals surface area contributed by atoms with Gasteiger partial charge in [-0.25, -0.2) is 4.98 Å². The average molecular weight is 347 g/mol. The minimum atomic E-state index is -0.384. The van der Waals surface area contributed by atoms with E-state index in [1.807, 2.05) is 11.4 Å². The lowest BCUT2D eigenvalue weighted by atomic mass is 9.99. The van der Waals surface area contributed by atoms with Gasteiger partial charge in [0.05, 0.1) is 10.6 Å². The van der Waals surface area contributed by atoms with E-state index >= 15 is 0 Å². The smallest absolute Gasteiger partial charge is 0.270 e. The summed E-state index contributed by atoms with van der Waals surface area (Å²) in [6.07, 6.45) is 4.34. The van der Waals surface area contributed by atoms with E-state index in [-0.39, 0.29) is 17.2 Å². The number of nitro groups is 1. The number of hydrogen-bond donors (Lipinski definition) is 1. The summed E-state index contributed by atoms with van der Waals surface area (Å²) in [5, 5.41) is 23.0. The Morgan fingerprint density at radius 2 is 2.29 bits per heavy atom. The predicted octanol–water partition coefficient (Wildman–Crippen LogP) is 3.46. The third kappa shape index (κ3) is 3.98. The van der Waals surface area contributed by atoms with Crippen molar-refractivity contribution in [2.45, 2.75) is 38.3 Å². The van der Waals surface area contributed by atoms with Crippen LogP contribution in [0.5, 0.6) is 0 Å². The zero-order valence-electron chi connectivity index (χ0n) is 13.4. The first-order valence-electron chi connectivity index (χ1n) is 8.21. The zero-order chi connectivity index (χ0) is 16.9. The van der Waals surface area contributed by atoms with E-state index in [1.165, 1.54) is 30.2 Å². The van der Waals surface area contributed by atoms with Gasteiger partial charge in [0, 0.05) is 42.3 Å². The Kier molecular flexibility index (Phi) is 5.55. The molecule has 0 spiro atoms. The summed E-state index contributed by atoms with van der Waals surface area (Å²) < 4.78 is 0. The van der Waals surface area contributed by atoms with Gasteiger partial charge in [0.15, 0.2) is 0 Å². The highest BCUT2D eigenvalue weighted by Gasteiger charge is 2.22. The molecule has 1 aliphatic rings. The molecule has 24 heavy (non-hydrogen) atoms. The fourth-order valence-electron chi connectivity index (χ4n) is 3.22. The third-order valence-corrected chi connectivity index (χ3v) is 5.37. The summed E-state index contributed by atoms with van der Waals surface area (Å²) >= 11 is 1.52. The molecule has 7 heteroatoms. The molecule has 1 fully saturated rings. The van der Waals surface area contributed by atoms with E-state index in [9.17, 15) is 15.2 Å². The van der Waals surface area contributed by atoms with Gasteiger partial charge in [-0.05, 0) is 25.8 Å². The van der Waals surface area contributed by atoms with Crippen LogP contribution in [0.15, 0.2) is 29.6 Å². The highest BCUT2D eigenvalue weighted by Crippen LogP contribution is 2.28.